The first-order valence-electron chi connectivity index (χ1n) is 6.41. The van der Waals surface area contributed by atoms with Gasteiger partial charge in [-0.05, 0) is 12.5 Å². The van der Waals surface area contributed by atoms with E-state index in [0.717, 1.165) is 6.42 Å². The van der Waals surface area contributed by atoms with Crippen molar-refractivity contribution < 1.29 is 9.66 Å². The van der Waals surface area contributed by atoms with E-state index < -0.39 is 4.92 Å². The van der Waals surface area contributed by atoms with Gasteiger partial charge in [0.1, 0.15) is 6.33 Å². The number of pyridine rings is 1. The lowest BCUT2D eigenvalue weighted by Crippen LogP contribution is -2.07. The maximum absolute atomic E-state index is 11.3. The smallest absolute Gasteiger partial charge is 0.337 e. The van der Waals surface area contributed by atoms with Gasteiger partial charge in [0.15, 0.2) is 5.69 Å². The molecule has 8 heteroatoms. The van der Waals surface area contributed by atoms with Gasteiger partial charge in [-0.2, -0.15) is 0 Å². The summed E-state index contributed by atoms with van der Waals surface area (Å²) in [4.78, 5) is 22.9. The molecule has 0 spiro atoms. The zero-order valence-electron chi connectivity index (χ0n) is 11.7. The number of nitrogens with zero attached hydrogens (tertiary/aromatic N) is 4. The Kier molecular flexibility index (Phi) is 4.60. The molecule has 2 heterocycles. The Morgan fingerprint density at radius 3 is 2.71 bits per heavy atom. The Labute approximate surface area is 121 Å². The molecule has 0 saturated carbocycles. The van der Waals surface area contributed by atoms with Crippen LogP contribution in [0.3, 0.4) is 0 Å². The second kappa shape index (κ2) is 6.60. The molecule has 0 fully saturated rings. The van der Waals surface area contributed by atoms with Crippen molar-refractivity contribution in [2.45, 2.75) is 13.3 Å². The fourth-order valence-corrected chi connectivity index (χ4v) is 1.78. The first-order valence-corrected chi connectivity index (χ1v) is 6.41. The number of rotatable bonds is 6. The van der Waals surface area contributed by atoms with Gasteiger partial charge in [-0.3, -0.25) is 10.1 Å². The molecule has 21 heavy (non-hydrogen) atoms. The number of ether oxygens (including phenoxy) is 1. The van der Waals surface area contributed by atoms with Crippen molar-refractivity contribution in [1.82, 2.24) is 15.0 Å². The van der Waals surface area contributed by atoms with Crippen molar-refractivity contribution in [3.63, 3.8) is 0 Å². The van der Waals surface area contributed by atoms with Crippen molar-refractivity contribution in [3.05, 3.63) is 34.8 Å². The van der Waals surface area contributed by atoms with Crippen LogP contribution in [0.25, 0.3) is 11.3 Å². The maximum Gasteiger partial charge on any atom is 0.337 e. The van der Waals surface area contributed by atoms with Crippen LogP contribution in [0.4, 0.5) is 11.5 Å². The van der Waals surface area contributed by atoms with E-state index in [0.29, 0.717) is 18.0 Å². The van der Waals surface area contributed by atoms with Gasteiger partial charge in [0.05, 0.1) is 12.0 Å². The Morgan fingerprint density at radius 1 is 1.33 bits per heavy atom. The summed E-state index contributed by atoms with van der Waals surface area (Å²) in [7, 11) is 1.50. The van der Waals surface area contributed by atoms with Crippen molar-refractivity contribution in [1.29, 1.82) is 0 Å². The first kappa shape index (κ1) is 14.6. The van der Waals surface area contributed by atoms with E-state index >= 15 is 0 Å². The molecule has 0 bridgehead atoms. The Morgan fingerprint density at radius 2 is 2.14 bits per heavy atom. The van der Waals surface area contributed by atoms with Gasteiger partial charge in [-0.15, -0.1) is 0 Å². The largest absolute Gasteiger partial charge is 0.481 e. The van der Waals surface area contributed by atoms with Crippen molar-refractivity contribution >= 4 is 11.5 Å². The predicted octanol–water partition coefficient (Wildman–Crippen LogP) is 2.28. The summed E-state index contributed by atoms with van der Waals surface area (Å²) in [6.45, 7) is 2.56. The van der Waals surface area contributed by atoms with Crippen LogP contribution in [0.2, 0.25) is 0 Å². The molecule has 110 valence electrons. The van der Waals surface area contributed by atoms with Crippen LogP contribution in [0, 0.1) is 10.1 Å². The Hall–Kier alpha value is -2.77. The van der Waals surface area contributed by atoms with Crippen LogP contribution in [0.5, 0.6) is 5.88 Å². The van der Waals surface area contributed by atoms with E-state index in [1.807, 2.05) is 6.92 Å². The van der Waals surface area contributed by atoms with E-state index in [4.69, 9.17) is 4.74 Å². The molecule has 8 nitrogen and oxygen atoms in total. The minimum atomic E-state index is -0.489. The highest BCUT2D eigenvalue weighted by atomic mass is 16.6. The van der Waals surface area contributed by atoms with Crippen LogP contribution < -0.4 is 10.1 Å². The molecule has 0 amide bonds. The highest BCUT2D eigenvalue weighted by molar-refractivity contribution is 5.76. The van der Waals surface area contributed by atoms with Gasteiger partial charge in [-0.25, -0.2) is 15.0 Å². The number of nitro groups is 1. The van der Waals surface area contributed by atoms with Crippen molar-refractivity contribution in [2.24, 2.45) is 0 Å². The highest BCUT2D eigenvalue weighted by Gasteiger charge is 2.23. The van der Waals surface area contributed by atoms with E-state index in [2.05, 4.69) is 20.3 Å². The number of methoxy groups -OCH3 is 1. The maximum atomic E-state index is 11.3. The summed E-state index contributed by atoms with van der Waals surface area (Å²) in [5.74, 6) is 0.641. The average molecular weight is 289 g/mol. The predicted molar refractivity (Wildman–Crippen MR) is 77.3 cm³/mol. The van der Waals surface area contributed by atoms with Gasteiger partial charge in [0.25, 0.3) is 0 Å². The molecule has 0 radical (unpaired) electrons. The zero-order chi connectivity index (χ0) is 15.2. The second-order valence-electron chi connectivity index (χ2n) is 4.19. The minimum absolute atomic E-state index is 0.155. The van der Waals surface area contributed by atoms with Crippen LogP contribution in [0.1, 0.15) is 13.3 Å². The molecule has 2 rings (SSSR count). The van der Waals surface area contributed by atoms with Gasteiger partial charge < -0.3 is 10.1 Å². The quantitative estimate of drug-likeness (QED) is 0.642. The van der Waals surface area contributed by atoms with Crippen LogP contribution in [-0.2, 0) is 0 Å². The van der Waals surface area contributed by atoms with Crippen LogP contribution in [0.15, 0.2) is 24.7 Å². The topological polar surface area (TPSA) is 103 Å². The summed E-state index contributed by atoms with van der Waals surface area (Å²) in [6, 6.07) is 3.30. The third-order valence-electron chi connectivity index (χ3n) is 2.77. The lowest BCUT2D eigenvalue weighted by atomic mass is 10.1. The van der Waals surface area contributed by atoms with E-state index in [-0.39, 0.29) is 17.2 Å². The second-order valence-corrected chi connectivity index (χ2v) is 4.19. The zero-order valence-corrected chi connectivity index (χ0v) is 11.7. The van der Waals surface area contributed by atoms with Gasteiger partial charge >= 0.3 is 5.69 Å². The summed E-state index contributed by atoms with van der Waals surface area (Å²) in [5.41, 5.74) is 0.603. The average Bonchev–Trinajstić information content (AvgIpc) is 2.52. The highest BCUT2D eigenvalue weighted by Crippen LogP contribution is 2.32. The molecule has 0 aliphatic carbocycles. The molecule has 0 saturated heterocycles. The lowest BCUT2D eigenvalue weighted by molar-refractivity contribution is -0.383. The molecule has 1 N–H and O–H groups in total. The van der Waals surface area contributed by atoms with Crippen LogP contribution >= 0.6 is 0 Å². The van der Waals surface area contributed by atoms with Crippen molar-refractivity contribution in [3.8, 4) is 17.1 Å². The first-order chi connectivity index (χ1) is 10.2. The normalized spacial score (nSPS) is 10.2. The van der Waals surface area contributed by atoms with E-state index in [1.54, 1.807) is 12.1 Å². The fraction of sp³-hybridized carbons (Fsp3) is 0.308. The van der Waals surface area contributed by atoms with E-state index in [1.165, 1.54) is 19.6 Å². The third kappa shape index (κ3) is 3.22. The summed E-state index contributed by atoms with van der Waals surface area (Å²) >= 11 is 0. The number of hydrogen-bond donors (Lipinski definition) is 1. The van der Waals surface area contributed by atoms with E-state index in [9.17, 15) is 10.1 Å². The minimum Gasteiger partial charge on any atom is -0.481 e. The summed E-state index contributed by atoms with van der Waals surface area (Å²) < 4.78 is 4.97. The molecular weight excluding hydrogens is 274 g/mol. The molecule has 0 atom stereocenters. The molecule has 0 aromatic carbocycles. The third-order valence-corrected chi connectivity index (χ3v) is 2.77. The number of anilines is 1. The molecule has 0 aliphatic rings. The Bertz CT molecular complexity index is 630. The van der Waals surface area contributed by atoms with Crippen molar-refractivity contribution in [2.75, 3.05) is 19.0 Å². The number of aromatic nitrogens is 3. The molecular formula is C13H15N5O3. The molecule has 0 unspecified atom stereocenters. The molecule has 2 aromatic rings. The van der Waals surface area contributed by atoms with Gasteiger partial charge in [0.2, 0.25) is 11.7 Å². The standard InChI is InChI=1S/C13H15N5O3/c1-3-6-14-13-12(18(19)20)11(16-8-17-13)9-4-5-10(21-2)15-7-9/h4-5,7-8H,3,6H2,1-2H3,(H,14,16,17). The lowest BCUT2D eigenvalue weighted by Gasteiger charge is -2.08. The summed E-state index contributed by atoms with van der Waals surface area (Å²) in [6.07, 6.45) is 3.61. The SMILES string of the molecule is CCCNc1ncnc(-c2ccc(OC)nc2)c1[N+](=O)[O-]. The Balaban J connectivity index is 2.48. The fourth-order valence-electron chi connectivity index (χ4n) is 1.78. The number of hydrogen-bond acceptors (Lipinski definition) is 7. The number of nitrogens with one attached hydrogen (secondary N) is 1. The monoisotopic (exact) mass is 289 g/mol. The summed E-state index contributed by atoms with van der Waals surface area (Å²) in [5, 5.41) is 14.3. The van der Waals surface area contributed by atoms with Gasteiger partial charge in [0, 0.05) is 24.4 Å². The molecule has 0 aliphatic heterocycles. The van der Waals surface area contributed by atoms with Crippen LogP contribution in [-0.4, -0.2) is 33.5 Å². The van der Waals surface area contributed by atoms with Gasteiger partial charge in [-0.1, -0.05) is 6.92 Å². The molecule has 2 aromatic heterocycles.